The van der Waals surface area contributed by atoms with Crippen molar-refractivity contribution in [3.05, 3.63) is 108 Å². The van der Waals surface area contributed by atoms with E-state index in [-0.39, 0.29) is 5.41 Å². The van der Waals surface area contributed by atoms with Gasteiger partial charge in [-0.2, -0.15) is 0 Å². The molecule has 38 heavy (non-hydrogen) atoms. The molecule has 182 valence electrons. The average Bonchev–Trinajstić information content (AvgIpc) is 3.75. The maximum atomic E-state index is 6.60. The van der Waals surface area contributed by atoms with Gasteiger partial charge in [0.15, 0.2) is 5.82 Å². The Hall–Kier alpha value is -3.98. The van der Waals surface area contributed by atoms with Crippen molar-refractivity contribution in [2.75, 3.05) is 0 Å². The molecule has 0 N–H and O–H groups in total. The number of aromatic nitrogens is 2. The highest BCUT2D eigenvalue weighted by molar-refractivity contribution is 5.93. The van der Waals surface area contributed by atoms with Crippen LogP contribution in [0.15, 0.2) is 97.1 Å². The molecule has 10 rings (SSSR count). The zero-order valence-corrected chi connectivity index (χ0v) is 21.0. The molecule has 5 aromatic rings. The normalized spacial score (nSPS) is 32.3. The standard InChI is InChI=1S/C35H26N2O/c1-2-8-20(9-3-1)32-22-10-4-6-12-28(22)36-33(37-32)21-14-15-30-27(16-21)35(24-11-5-7-13-29(24)38-30)26-17-25-23(26)18-34(25)19-31(34)35/h1-16,23,25-26,31H,17-19H2/t23-,25?,26?,31?,34+,35-/m0/s1. The van der Waals surface area contributed by atoms with E-state index >= 15 is 0 Å². The molecule has 1 aliphatic heterocycles. The number of para-hydroxylation sites is 2. The second kappa shape index (κ2) is 6.53. The van der Waals surface area contributed by atoms with Gasteiger partial charge in [-0.3, -0.25) is 0 Å². The number of rotatable bonds is 2. The lowest BCUT2D eigenvalue weighted by Crippen LogP contribution is -2.67. The third-order valence-electron chi connectivity index (χ3n) is 11.0. The molecule has 4 bridgehead atoms. The van der Waals surface area contributed by atoms with E-state index in [9.17, 15) is 0 Å². The van der Waals surface area contributed by atoms with Gasteiger partial charge in [0.2, 0.25) is 0 Å². The topological polar surface area (TPSA) is 35.0 Å². The quantitative estimate of drug-likeness (QED) is 0.251. The van der Waals surface area contributed by atoms with Crippen LogP contribution in [0.4, 0.5) is 0 Å². The van der Waals surface area contributed by atoms with Crippen LogP contribution in [-0.2, 0) is 5.41 Å². The van der Waals surface area contributed by atoms with Gasteiger partial charge in [0.05, 0.1) is 11.2 Å². The fourth-order valence-corrected chi connectivity index (χ4v) is 9.47. The highest BCUT2D eigenvalue weighted by Crippen LogP contribution is 2.91. The molecule has 2 spiro atoms. The summed E-state index contributed by atoms with van der Waals surface area (Å²) in [5.41, 5.74) is 7.63. The van der Waals surface area contributed by atoms with E-state index in [2.05, 4.69) is 97.1 Å². The maximum absolute atomic E-state index is 6.60. The number of nitrogens with zero attached hydrogens (tertiary/aromatic N) is 2. The minimum absolute atomic E-state index is 0.0664. The van der Waals surface area contributed by atoms with Crippen molar-refractivity contribution in [3.8, 4) is 34.1 Å². The van der Waals surface area contributed by atoms with E-state index in [1.807, 2.05) is 0 Å². The summed E-state index contributed by atoms with van der Waals surface area (Å²) >= 11 is 0. The van der Waals surface area contributed by atoms with Gasteiger partial charge < -0.3 is 4.74 Å². The first kappa shape index (κ1) is 20.0. The molecule has 6 atom stereocenters. The van der Waals surface area contributed by atoms with E-state index in [0.717, 1.165) is 68.7 Å². The summed E-state index contributed by atoms with van der Waals surface area (Å²) in [7, 11) is 0. The molecule has 5 aliphatic rings. The van der Waals surface area contributed by atoms with Crippen molar-refractivity contribution >= 4 is 10.9 Å². The van der Waals surface area contributed by atoms with E-state index in [1.165, 1.54) is 30.4 Å². The second-order valence-electron chi connectivity index (χ2n) is 12.3. The first-order chi connectivity index (χ1) is 18.8. The number of hydrogen-bond acceptors (Lipinski definition) is 3. The van der Waals surface area contributed by atoms with Crippen LogP contribution < -0.4 is 4.74 Å². The van der Waals surface area contributed by atoms with Gasteiger partial charge in [0, 0.05) is 33.1 Å². The third-order valence-corrected chi connectivity index (χ3v) is 11.0. The largest absolute Gasteiger partial charge is 0.457 e. The zero-order valence-electron chi connectivity index (χ0n) is 21.0. The summed E-state index contributed by atoms with van der Waals surface area (Å²) in [5.74, 6) is 6.21. The summed E-state index contributed by atoms with van der Waals surface area (Å²) in [6.07, 6.45) is 4.22. The molecule has 4 fully saturated rings. The van der Waals surface area contributed by atoms with E-state index in [1.54, 1.807) is 0 Å². The number of benzene rings is 4. The monoisotopic (exact) mass is 490 g/mol. The van der Waals surface area contributed by atoms with Crippen LogP contribution >= 0.6 is 0 Å². The SMILES string of the molecule is c1ccc(-c2nc(-c3ccc4c(c3)[C@]3(c5ccccc5O4)C4CC5[C@@H]4C[C@@]54CC43)nc3ccccc23)cc1. The van der Waals surface area contributed by atoms with Crippen molar-refractivity contribution in [2.45, 2.75) is 24.7 Å². The Balaban J connectivity index is 1.21. The minimum atomic E-state index is 0.0664. The molecule has 0 saturated heterocycles. The molecule has 1 aromatic heterocycles. The predicted molar refractivity (Wildman–Crippen MR) is 148 cm³/mol. The van der Waals surface area contributed by atoms with Gasteiger partial charge in [-0.15, -0.1) is 0 Å². The van der Waals surface area contributed by atoms with Crippen molar-refractivity contribution in [3.63, 3.8) is 0 Å². The molecule has 4 saturated carbocycles. The van der Waals surface area contributed by atoms with Crippen LogP contribution in [0.5, 0.6) is 11.5 Å². The van der Waals surface area contributed by atoms with Crippen LogP contribution in [0.2, 0.25) is 0 Å². The van der Waals surface area contributed by atoms with Crippen molar-refractivity contribution in [1.29, 1.82) is 0 Å². The maximum Gasteiger partial charge on any atom is 0.160 e. The number of ether oxygens (including phenoxy) is 1. The second-order valence-corrected chi connectivity index (χ2v) is 12.3. The molecule has 3 unspecified atom stereocenters. The van der Waals surface area contributed by atoms with Crippen LogP contribution in [-0.4, -0.2) is 9.97 Å². The van der Waals surface area contributed by atoms with Crippen molar-refractivity contribution in [1.82, 2.24) is 9.97 Å². The van der Waals surface area contributed by atoms with Gasteiger partial charge in [0.1, 0.15) is 11.5 Å². The van der Waals surface area contributed by atoms with Crippen LogP contribution in [0.25, 0.3) is 33.5 Å². The van der Waals surface area contributed by atoms with Crippen LogP contribution in [0.3, 0.4) is 0 Å². The van der Waals surface area contributed by atoms with Crippen LogP contribution in [0.1, 0.15) is 30.4 Å². The Kier molecular flexibility index (Phi) is 3.44. The Morgan fingerprint density at radius 1 is 0.684 bits per heavy atom. The lowest BCUT2D eigenvalue weighted by Gasteiger charge is -2.71. The van der Waals surface area contributed by atoms with Crippen molar-refractivity contribution < 1.29 is 4.74 Å². The first-order valence-corrected chi connectivity index (χ1v) is 14.0. The fourth-order valence-electron chi connectivity index (χ4n) is 9.47. The lowest BCUT2D eigenvalue weighted by atomic mass is 9.32. The number of hydrogen-bond donors (Lipinski definition) is 0. The molecule has 4 aliphatic carbocycles. The summed E-state index contributed by atoms with van der Waals surface area (Å²) in [6, 6.07) is 34.5. The zero-order chi connectivity index (χ0) is 24.6. The smallest absolute Gasteiger partial charge is 0.160 e. The third kappa shape index (κ3) is 2.18. The van der Waals surface area contributed by atoms with Gasteiger partial charge >= 0.3 is 0 Å². The molecular weight excluding hydrogens is 464 g/mol. The Morgan fingerprint density at radius 2 is 1.50 bits per heavy atom. The summed E-state index contributed by atoms with van der Waals surface area (Å²) in [5, 5.41) is 1.09. The Morgan fingerprint density at radius 3 is 2.39 bits per heavy atom. The number of fused-ring (bicyclic) bond motifs is 7. The van der Waals surface area contributed by atoms with Gasteiger partial charge in [0.25, 0.3) is 0 Å². The van der Waals surface area contributed by atoms with Gasteiger partial charge in [-0.25, -0.2) is 9.97 Å². The highest BCUT2D eigenvalue weighted by atomic mass is 16.5. The van der Waals surface area contributed by atoms with Crippen molar-refractivity contribution in [2.24, 2.45) is 29.1 Å². The average molecular weight is 491 g/mol. The molecule has 0 amide bonds. The lowest BCUT2D eigenvalue weighted by molar-refractivity contribution is -0.190. The van der Waals surface area contributed by atoms with E-state index < -0.39 is 0 Å². The summed E-state index contributed by atoms with van der Waals surface area (Å²) in [4.78, 5) is 10.3. The van der Waals surface area contributed by atoms with Crippen LogP contribution in [0, 0.1) is 29.1 Å². The summed E-state index contributed by atoms with van der Waals surface area (Å²) in [6.45, 7) is 0. The molecule has 3 nitrogen and oxygen atoms in total. The van der Waals surface area contributed by atoms with Gasteiger partial charge in [-0.05, 0) is 78.7 Å². The molecule has 2 heterocycles. The van der Waals surface area contributed by atoms with E-state index in [4.69, 9.17) is 14.7 Å². The minimum Gasteiger partial charge on any atom is -0.457 e. The van der Waals surface area contributed by atoms with Gasteiger partial charge in [-0.1, -0.05) is 66.7 Å². The molecule has 0 radical (unpaired) electrons. The molecule has 4 aromatic carbocycles. The predicted octanol–water partition coefficient (Wildman–Crippen LogP) is 8.03. The molecule has 3 heteroatoms. The van der Waals surface area contributed by atoms with E-state index in [0.29, 0.717) is 5.41 Å². The fraction of sp³-hybridized carbons (Fsp3) is 0.257. The summed E-state index contributed by atoms with van der Waals surface area (Å²) < 4.78 is 6.60. The Labute approximate surface area is 221 Å². The molecular formula is C35H26N2O. The highest BCUT2D eigenvalue weighted by Gasteiger charge is 2.86. The first-order valence-electron chi connectivity index (χ1n) is 14.0. The Bertz CT molecular complexity index is 1820.